The lowest BCUT2D eigenvalue weighted by Gasteiger charge is -2.17. The Labute approximate surface area is 104 Å². The topological polar surface area (TPSA) is 41.3 Å². The highest BCUT2D eigenvalue weighted by atomic mass is 32.1. The number of β-amino-alcohol motifs (C(OH)–C–C–N with tert-alkyl or cyclic N) is 1. The Morgan fingerprint density at radius 2 is 2.35 bits per heavy atom. The predicted octanol–water partition coefficient (Wildman–Crippen LogP) is 1.46. The third-order valence-corrected chi connectivity index (χ3v) is 4.07. The first-order valence-corrected chi connectivity index (χ1v) is 6.57. The van der Waals surface area contributed by atoms with Gasteiger partial charge in [0.1, 0.15) is 5.82 Å². The van der Waals surface area contributed by atoms with E-state index in [2.05, 4.69) is 20.5 Å². The number of imidazole rings is 1. The number of nitrogens with zero attached hydrogens (tertiary/aromatic N) is 3. The van der Waals surface area contributed by atoms with Crippen LogP contribution < -0.4 is 0 Å². The van der Waals surface area contributed by atoms with Crippen LogP contribution in [0, 0.1) is 0 Å². The van der Waals surface area contributed by atoms with Crippen LogP contribution >= 0.6 is 11.3 Å². The van der Waals surface area contributed by atoms with Crippen molar-refractivity contribution in [3.05, 3.63) is 29.9 Å². The Hall–Kier alpha value is -1.17. The molecule has 4 nitrogen and oxygen atoms in total. The van der Waals surface area contributed by atoms with Crippen LogP contribution in [-0.4, -0.2) is 45.8 Å². The zero-order valence-electron chi connectivity index (χ0n) is 9.65. The fraction of sp³-hybridized carbons (Fsp3) is 0.417. The van der Waals surface area contributed by atoms with Gasteiger partial charge < -0.3 is 14.6 Å². The molecule has 1 N–H and O–H groups in total. The van der Waals surface area contributed by atoms with Gasteiger partial charge in [0, 0.05) is 25.5 Å². The van der Waals surface area contributed by atoms with Crippen molar-refractivity contribution in [3.8, 4) is 10.7 Å². The summed E-state index contributed by atoms with van der Waals surface area (Å²) in [5.41, 5.74) is 0. The molecule has 1 aliphatic heterocycles. The average Bonchev–Trinajstić information content (AvgIpc) is 2.97. The molecule has 0 bridgehead atoms. The largest absolute Gasteiger partial charge is 0.390 e. The smallest absolute Gasteiger partial charge is 0.150 e. The molecule has 0 unspecified atom stereocenters. The fourth-order valence-corrected chi connectivity index (χ4v) is 3.13. The van der Waals surface area contributed by atoms with Gasteiger partial charge in [-0.25, -0.2) is 4.98 Å². The Balaban J connectivity index is 1.97. The lowest BCUT2D eigenvalue weighted by atomic mass is 10.2. The maximum Gasteiger partial charge on any atom is 0.150 e. The number of hydrogen-bond acceptors (Lipinski definition) is 4. The molecule has 0 aliphatic carbocycles. The first kappa shape index (κ1) is 11.0. The Morgan fingerprint density at radius 1 is 1.47 bits per heavy atom. The summed E-state index contributed by atoms with van der Waals surface area (Å²) >= 11 is 1.68. The molecule has 0 aromatic carbocycles. The van der Waals surface area contributed by atoms with Crippen LogP contribution in [0.4, 0.5) is 0 Å². The number of aliphatic hydroxyl groups is 1. The van der Waals surface area contributed by atoms with Gasteiger partial charge in [-0.15, -0.1) is 11.3 Å². The number of aliphatic hydroxyl groups excluding tert-OH is 1. The maximum absolute atomic E-state index is 10.1. The molecule has 17 heavy (non-hydrogen) atoms. The second-order valence-corrected chi connectivity index (χ2v) is 5.44. The monoisotopic (exact) mass is 249 g/mol. The molecule has 0 radical (unpaired) electrons. The molecular weight excluding hydrogens is 234 g/mol. The zero-order valence-corrected chi connectivity index (χ0v) is 10.5. The molecule has 90 valence electrons. The van der Waals surface area contributed by atoms with Crippen LogP contribution in [0.1, 0.15) is 6.04 Å². The van der Waals surface area contributed by atoms with E-state index in [0.717, 1.165) is 23.8 Å². The summed E-state index contributed by atoms with van der Waals surface area (Å²) in [7, 11) is 2.03. The molecule has 0 spiro atoms. The summed E-state index contributed by atoms with van der Waals surface area (Å²) in [6, 6.07) is 4.20. The van der Waals surface area contributed by atoms with Crippen LogP contribution in [0.25, 0.3) is 10.7 Å². The minimum Gasteiger partial charge on any atom is -0.390 e. The number of thiophene rings is 1. The van der Waals surface area contributed by atoms with Gasteiger partial charge in [0.2, 0.25) is 0 Å². The minimum absolute atomic E-state index is 0.111. The molecule has 1 aliphatic rings. The quantitative estimate of drug-likeness (QED) is 0.876. The van der Waals surface area contributed by atoms with Crippen LogP contribution in [0.2, 0.25) is 0 Å². The number of hydrogen-bond donors (Lipinski definition) is 1. The first-order chi connectivity index (χ1) is 8.25. The summed E-state index contributed by atoms with van der Waals surface area (Å²) < 4.78 is 2.10. The van der Waals surface area contributed by atoms with E-state index in [9.17, 15) is 5.11 Å². The predicted molar refractivity (Wildman–Crippen MR) is 68.1 cm³/mol. The van der Waals surface area contributed by atoms with E-state index in [4.69, 9.17) is 0 Å². The van der Waals surface area contributed by atoms with Crippen molar-refractivity contribution >= 4 is 11.3 Å². The van der Waals surface area contributed by atoms with Crippen molar-refractivity contribution in [1.29, 1.82) is 0 Å². The van der Waals surface area contributed by atoms with Gasteiger partial charge in [-0.1, -0.05) is 6.07 Å². The van der Waals surface area contributed by atoms with E-state index < -0.39 is 0 Å². The third kappa shape index (κ3) is 1.90. The molecule has 3 rings (SSSR count). The van der Waals surface area contributed by atoms with Crippen LogP contribution in [0.15, 0.2) is 29.9 Å². The number of likely N-dealkylation sites (tertiary alicyclic amines) is 1. The number of rotatable bonds is 2. The molecule has 0 amide bonds. The summed E-state index contributed by atoms with van der Waals surface area (Å²) in [6.07, 6.45) is 3.45. The van der Waals surface area contributed by atoms with Gasteiger partial charge >= 0.3 is 0 Å². The number of likely N-dealkylation sites (N-methyl/N-ethyl adjacent to an activating group) is 1. The highest BCUT2D eigenvalue weighted by molar-refractivity contribution is 7.13. The van der Waals surface area contributed by atoms with E-state index in [-0.39, 0.29) is 12.1 Å². The van der Waals surface area contributed by atoms with Crippen molar-refractivity contribution in [2.24, 2.45) is 0 Å². The van der Waals surface area contributed by atoms with Crippen molar-refractivity contribution in [1.82, 2.24) is 14.5 Å². The van der Waals surface area contributed by atoms with Crippen LogP contribution in [0.5, 0.6) is 0 Å². The summed E-state index contributed by atoms with van der Waals surface area (Å²) in [4.78, 5) is 7.70. The molecule has 3 heterocycles. The highest BCUT2D eigenvalue weighted by Gasteiger charge is 2.31. The summed E-state index contributed by atoms with van der Waals surface area (Å²) in [5.74, 6) is 0.958. The van der Waals surface area contributed by atoms with Crippen LogP contribution in [0.3, 0.4) is 0 Å². The normalized spacial score (nSPS) is 25.5. The van der Waals surface area contributed by atoms with Crippen molar-refractivity contribution in [3.63, 3.8) is 0 Å². The van der Waals surface area contributed by atoms with E-state index in [0.29, 0.717) is 0 Å². The molecule has 1 fully saturated rings. The third-order valence-electron chi connectivity index (χ3n) is 3.21. The first-order valence-electron chi connectivity index (χ1n) is 5.69. The zero-order chi connectivity index (χ0) is 11.8. The highest BCUT2D eigenvalue weighted by Crippen LogP contribution is 2.29. The van der Waals surface area contributed by atoms with Gasteiger partial charge in [0.25, 0.3) is 0 Å². The molecule has 5 heteroatoms. The lowest BCUT2D eigenvalue weighted by molar-refractivity contribution is 0.147. The van der Waals surface area contributed by atoms with Crippen molar-refractivity contribution in [2.75, 3.05) is 20.1 Å². The van der Waals surface area contributed by atoms with Gasteiger partial charge in [-0.2, -0.15) is 0 Å². The molecule has 0 saturated carbocycles. The Bertz CT molecular complexity index is 494. The SMILES string of the molecule is CN1C[C@@H](O)[C@H](n2ccnc2-c2cccs2)C1. The van der Waals surface area contributed by atoms with Gasteiger partial charge in [-0.05, 0) is 18.5 Å². The van der Waals surface area contributed by atoms with Crippen molar-refractivity contribution < 1.29 is 5.11 Å². The average molecular weight is 249 g/mol. The van der Waals surface area contributed by atoms with Gasteiger partial charge in [0.05, 0.1) is 17.0 Å². The lowest BCUT2D eigenvalue weighted by Crippen LogP contribution is -2.22. The maximum atomic E-state index is 10.1. The molecule has 2 aromatic rings. The second kappa shape index (κ2) is 4.25. The van der Waals surface area contributed by atoms with Gasteiger partial charge in [-0.3, -0.25) is 0 Å². The standard InChI is InChI=1S/C12H15N3OS/c1-14-7-9(10(16)8-14)15-5-4-13-12(15)11-3-2-6-17-11/h2-6,9-10,16H,7-8H2,1H3/t9-,10-/m1/s1. The summed E-state index contributed by atoms with van der Waals surface area (Å²) in [5, 5.41) is 12.1. The Kier molecular flexibility index (Phi) is 2.74. The molecule has 2 atom stereocenters. The minimum atomic E-state index is -0.312. The number of aromatic nitrogens is 2. The Morgan fingerprint density at radius 3 is 3.00 bits per heavy atom. The van der Waals surface area contributed by atoms with E-state index in [1.165, 1.54) is 0 Å². The molecule has 1 saturated heterocycles. The molecule has 2 aromatic heterocycles. The van der Waals surface area contributed by atoms with E-state index in [1.54, 1.807) is 17.5 Å². The summed E-state index contributed by atoms with van der Waals surface area (Å²) in [6.45, 7) is 1.60. The van der Waals surface area contributed by atoms with Gasteiger partial charge in [0.15, 0.2) is 0 Å². The van der Waals surface area contributed by atoms with E-state index in [1.807, 2.05) is 24.7 Å². The van der Waals surface area contributed by atoms with E-state index >= 15 is 0 Å². The fourth-order valence-electron chi connectivity index (χ4n) is 2.41. The molecular formula is C12H15N3OS. The van der Waals surface area contributed by atoms with Crippen molar-refractivity contribution in [2.45, 2.75) is 12.1 Å². The second-order valence-electron chi connectivity index (χ2n) is 4.49. The van der Waals surface area contributed by atoms with Crippen LogP contribution in [-0.2, 0) is 0 Å².